The van der Waals surface area contributed by atoms with E-state index in [2.05, 4.69) is 4.98 Å². The van der Waals surface area contributed by atoms with Crippen molar-refractivity contribution in [1.82, 2.24) is 9.55 Å². The number of halogens is 3. The summed E-state index contributed by atoms with van der Waals surface area (Å²) < 4.78 is 16.4. The van der Waals surface area contributed by atoms with E-state index in [0.29, 0.717) is 23.0 Å². The van der Waals surface area contributed by atoms with Crippen molar-refractivity contribution < 1.29 is 14.3 Å². The predicted molar refractivity (Wildman–Crippen MR) is 104 cm³/mol. The van der Waals surface area contributed by atoms with Crippen molar-refractivity contribution in [3.63, 3.8) is 0 Å². The minimum Gasteiger partial charge on any atom is -0.476 e. The van der Waals surface area contributed by atoms with Crippen LogP contribution in [0.25, 0.3) is 16.9 Å². The molecule has 0 unspecified atom stereocenters. The summed E-state index contributed by atoms with van der Waals surface area (Å²) in [6, 6.07) is 11.4. The highest BCUT2D eigenvalue weighted by Gasteiger charge is 2.27. The van der Waals surface area contributed by atoms with Gasteiger partial charge in [-0.15, -0.1) is 0 Å². The molecule has 1 heterocycles. The van der Waals surface area contributed by atoms with Gasteiger partial charge in [-0.3, -0.25) is 4.57 Å². The molecule has 0 fully saturated rings. The standard InChI is InChI=1S/C20H17Cl2FN2O2/c1-11(2)9-16-24-18(20(26)27)19(14-7-4-8-15(22)17(14)23)25(16)13-6-3-5-12(21)10-13/h3-8,10-11H,9H2,1-2H3,(H,26,27). The molecule has 0 amide bonds. The maximum absolute atomic E-state index is 14.8. The van der Waals surface area contributed by atoms with Crippen LogP contribution in [0, 0.1) is 11.7 Å². The number of carboxylic acids is 1. The summed E-state index contributed by atoms with van der Waals surface area (Å²) in [6.45, 7) is 3.99. The molecule has 2 aromatic carbocycles. The van der Waals surface area contributed by atoms with E-state index in [0.717, 1.165) is 0 Å². The fourth-order valence-electron chi connectivity index (χ4n) is 2.95. The molecule has 1 aromatic heterocycles. The average molecular weight is 407 g/mol. The number of carboxylic acid groups (broad SMARTS) is 1. The number of carbonyl (C=O) groups is 1. The van der Waals surface area contributed by atoms with Crippen LogP contribution in [0.4, 0.5) is 4.39 Å². The molecule has 0 saturated carbocycles. The van der Waals surface area contributed by atoms with Gasteiger partial charge in [0.05, 0.1) is 10.7 Å². The Labute approximate surface area is 166 Å². The van der Waals surface area contributed by atoms with Crippen molar-refractivity contribution in [2.24, 2.45) is 5.92 Å². The summed E-state index contributed by atoms with van der Waals surface area (Å²) in [5.74, 6) is -1.21. The van der Waals surface area contributed by atoms with Crippen molar-refractivity contribution in [2.45, 2.75) is 20.3 Å². The molecule has 0 bridgehead atoms. The smallest absolute Gasteiger partial charge is 0.356 e. The number of nitrogens with zero attached hydrogens (tertiary/aromatic N) is 2. The number of hydrogen-bond acceptors (Lipinski definition) is 2. The molecule has 4 nitrogen and oxygen atoms in total. The number of imidazole rings is 1. The van der Waals surface area contributed by atoms with E-state index in [1.807, 2.05) is 13.8 Å². The van der Waals surface area contributed by atoms with Gasteiger partial charge in [0.2, 0.25) is 0 Å². The second kappa shape index (κ2) is 7.71. The monoisotopic (exact) mass is 406 g/mol. The minimum absolute atomic E-state index is 0.0716. The predicted octanol–water partition coefficient (Wildman–Crippen LogP) is 5.88. The van der Waals surface area contributed by atoms with Gasteiger partial charge in [-0.1, -0.05) is 49.2 Å². The second-order valence-corrected chi connectivity index (χ2v) is 7.39. The first kappa shape index (κ1) is 19.4. The maximum atomic E-state index is 14.8. The first-order valence-electron chi connectivity index (χ1n) is 8.34. The van der Waals surface area contributed by atoms with Crippen LogP contribution in [0.3, 0.4) is 0 Å². The molecule has 0 radical (unpaired) electrons. The fraction of sp³-hybridized carbons (Fsp3) is 0.200. The summed E-state index contributed by atoms with van der Waals surface area (Å²) in [4.78, 5) is 16.2. The first-order valence-corrected chi connectivity index (χ1v) is 9.10. The van der Waals surface area contributed by atoms with Crippen LogP contribution in [-0.2, 0) is 6.42 Å². The van der Waals surface area contributed by atoms with Gasteiger partial charge in [0, 0.05) is 22.7 Å². The summed E-state index contributed by atoms with van der Waals surface area (Å²) in [6.07, 6.45) is 0.509. The van der Waals surface area contributed by atoms with E-state index in [1.54, 1.807) is 34.9 Å². The fourth-order valence-corrected chi connectivity index (χ4v) is 3.31. The van der Waals surface area contributed by atoms with Gasteiger partial charge in [-0.05, 0) is 36.2 Å². The van der Waals surface area contributed by atoms with E-state index in [1.165, 1.54) is 12.1 Å². The summed E-state index contributed by atoms with van der Waals surface area (Å²) in [5, 5.41) is 10.1. The van der Waals surface area contributed by atoms with Gasteiger partial charge < -0.3 is 5.11 Å². The van der Waals surface area contributed by atoms with Crippen molar-refractivity contribution in [3.05, 3.63) is 69.8 Å². The third-order valence-corrected chi connectivity index (χ3v) is 4.54. The number of benzene rings is 2. The van der Waals surface area contributed by atoms with E-state index in [9.17, 15) is 14.3 Å². The quantitative estimate of drug-likeness (QED) is 0.575. The Kier molecular flexibility index (Phi) is 5.53. The zero-order valence-electron chi connectivity index (χ0n) is 14.7. The molecule has 1 N–H and O–H groups in total. The van der Waals surface area contributed by atoms with Crippen LogP contribution >= 0.6 is 23.2 Å². The van der Waals surface area contributed by atoms with Crippen molar-refractivity contribution in [2.75, 3.05) is 0 Å². The maximum Gasteiger partial charge on any atom is 0.356 e. The number of rotatable bonds is 5. The zero-order valence-corrected chi connectivity index (χ0v) is 16.2. The molecule has 0 aliphatic heterocycles. The molecule has 7 heteroatoms. The van der Waals surface area contributed by atoms with Gasteiger partial charge in [0.25, 0.3) is 0 Å². The lowest BCUT2D eigenvalue weighted by molar-refractivity contribution is 0.0691. The highest BCUT2D eigenvalue weighted by atomic mass is 35.5. The van der Waals surface area contributed by atoms with E-state index in [-0.39, 0.29) is 27.9 Å². The third-order valence-electron chi connectivity index (χ3n) is 4.01. The van der Waals surface area contributed by atoms with Gasteiger partial charge in [-0.2, -0.15) is 0 Å². The molecular weight excluding hydrogens is 390 g/mol. The molecule has 3 aromatic rings. The Balaban J connectivity index is 2.40. The lowest BCUT2D eigenvalue weighted by atomic mass is 10.1. The molecule has 27 heavy (non-hydrogen) atoms. The molecule has 0 atom stereocenters. The van der Waals surface area contributed by atoms with Crippen molar-refractivity contribution >= 4 is 29.2 Å². The Bertz CT molecular complexity index is 1020. The van der Waals surface area contributed by atoms with Gasteiger partial charge in [0.15, 0.2) is 11.5 Å². The Morgan fingerprint density at radius 2 is 1.93 bits per heavy atom. The number of aromatic carboxylic acids is 1. The van der Waals surface area contributed by atoms with Crippen LogP contribution in [0.5, 0.6) is 0 Å². The highest BCUT2D eigenvalue weighted by molar-refractivity contribution is 6.31. The molecule has 3 rings (SSSR count). The summed E-state index contributed by atoms with van der Waals surface area (Å²) in [5.41, 5.74) is 0.585. The largest absolute Gasteiger partial charge is 0.476 e. The normalized spacial score (nSPS) is 11.2. The highest BCUT2D eigenvalue weighted by Crippen LogP contribution is 2.34. The first-order chi connectivity index (χ1) is 12.8. The Hall–Kier alpha value is -2.37. The second-order valence-electron chi connectivity index (χ2n) is 6.55. The van der Waals surface area contributed by atoms with Gasteiger partial charge in [-0.25, -0.2) is 14.2 Å². The van der Waals surface area contributed by atoms with Gasteiger partial charge in [0.1, 0.15) is 5.82 Å². The van der Waals surface area contributed by atoms with E-state index >= 15 is 0 Å². The van der Waals surface area contributed by atoms with Crippen molar-refractivity contribution in [1.29, 1.82) is 0 Å². The summed E-state index contributed by atoms with van der Waals surface area (Å²) in [7, 11) is 0. The number of aromatic nitrogens is 2. The van der Waals surface area contributed by atoms with Crippen LogP contribution in [0.2, 0.25) is 10.0 Å². The van der Waals surface area contributed by atoms with Crippen LogP contribution in [0.15, 0.2) is 42.5 Å². The minimum atomic E-state index is -1.24. The lowest BCUT2D eigenvalue weighted by Crippen LogP contribution is -2.07. The molecule has 0 aliphatic rings. The van der Waals surface area contributed by atoms with E-state index < -0.39 is 11.8 Å². The van der Waals surface area contributed by atoms with Crippen LogP contribution in [-0.4, -0.2) is 20.6 Å². The third kappa shape index (κ3) is 3.84. The zero-order chi connectivity index (χ0) is 19.7. The van der Waals surface area contributed by atoms with Crippen LogP contribution in [0.1, 0.15) is 30.2 Å². The molecular formula is C20H17Cl2FN2O2. The van der Waals surface area contributed by atoms with Crippen molar-refractivity contribution in [3.8, 4) is 16.9 Å². The van der Waals surface area contributed by atoms with Crippen LogP contribution < -0.4 is 0 Å². The summed E-state index contributed by atoms with van der Waals surface area (Å²) >= 11 is 12.1. The SMILES string of the molecule is CC(C)Cc1nc(C(=O)O)c(-c2cccc(Cl)c2F)n1-c1cccc(Cl)c1. The van der Waals surface area contributed by atoms with E-state index in [4.69, 9.17) is 23.2 Å². The Morgan fingerprint density at radius 1 is 1.22 bits per heavy atom. The lowest BCUT2D eigenvalue weighted by Gasteiger charge is -2.15. The number of hydrogen-bond donors (Lipinski definition) is 1. The average Bonchev–Trinajstić information content (AvgIpc) is 2.96. The molecule has 140 valence electrons. The topological polar surface area (TPSA) is 55.1 Å². The molecule has 0 saturated heterocycles. The molecule has 0 aliphatic carbocycles. The molecule has 0 spiro atoms. The van der Waals surface area contributed by atoms with Gasteiger partial charge >= 0.3 is 5.97 Å². The Morgan fingerprint density at radius 3 is 2.56 bits per heavy atom.